The zero-order valence-electron chi connectivity index (χ0n) is 16.7. The van der Waals surface area contributed by atoms with Gasteiger partial charge in [-0.3, -0.25) is 9.69 Å². The van der Waals surface area contributed by atoms with Gasteiger partial charge in [-0.25, -0.2) is 4.68 Å². The molecule has 5 rings (SSSR count). The van der Waals surface area contributed by atoms with Gasteiger partial charge in [0.15, 0.2) is 0 Å². The van der Waals surface area contributed by atoms with Gasteiger partial charge in [0, 0.05) is 5.56 Å². The van der Waals surface area contributed by atoms with Gasteiger partial charge in [-0.15, -0.1) is 0 Å². The van der Waals surface area contributed by atoms with Crippen LogP contribution in [0.15, 0.2) is 91.3 Å². The van der Waals surface area contributed by atoms with Crippen LogP contribution in [-0.2, 0) is 0 Å². The van der Waals surface area contributed by atoms with Crippen molar-refractivity contribution in [2.24, 2.45) is 0 Å². The van der Waals surface area contributed by atoms with Crippen molar-refractivity contribution in [3.63, 3.8) is 0 Å². The summed E-state index contributed by atoms with van der Waals surface area (Å²) in [5, 5.41) is 4.49. The lowest BCUT2D eigenvalue weighted by Crippen LogP contribution is -2.42. The normalized spacial score (nSPS) is 18.1. The average molecular weight is 394 g/mol. The van der Waals surface area contributed by atoms with Crippen molar-refractivity contribution in [2.75, 3.05) is 4.90 Å². The third-order valence-corrected chi connectivity index (χ3v) is 5.71. The van der Waals surface area contributed by atoms with Crippen LogP contribution < -0.4 is 4.90 Å². The van der Waals surface area contributed by atoms with E-state index in [9.17, 15) is 4.79 Å². The number of benzene rings is 3. The van der Waals surface area contributed by atoms with Crippen LogP contribution >= 0.6 is 0 Å². The Morgan fingerprint density at radius 3 is 2.17 bits per heavy atom. The Bertz CT molecular complexity index is 1150. The first-order valence-corrected chi connectivity index (χ1v) is 10.1. The molecule has 0 N–H and O–H groups in total. The zero-order chi connectivity index (χ0) is 20.5. The molecule has 0 bridgehead atoms. The second kappa shape index (κ2) is 7.59. The van der Waals surface area contributed by atoms with Gasteiger partial charge >= 0.3 is 0 Å². The fraction of sp³-hybridized carbons (Fsp3) is 0.160. The van der Waals surface area contributed by atoms with E-state index in [-0.39, 0.29) is 18.0 Å². The molecule has 2 unspecified atom stereocenters. The fourth-order valence-electron chi connectivity index (χ4n) is 4.17. The molecule has 0 saturated heterocycles. The van der Waals surface area contributed by atoms with Gasteiger partial charge < -0.3 is 0 Å². The summed E-state index contributed by atoms with van der Waals surface area (Å²) in [6.07, 6.45) is 2.26. The summed E-state index contributed by atoms with van der Waals surface area (Å²) in [7, 11) is 0. The van der Waals surface area contributed by atoms with Crippen molar-refractivity contribution >= 4 is 11.9 Å². The quantitative estimate of drug-likeness (QED) is 0.493. The molecule has 3 aromatic carbocycles. The number of hydrogen-bond acceptors (Lipinski definition) is 3. The van der Waals surface area contributed by atoms with Crippen molar-refractivity contribution in [3.05, 3.63) is 114 Å². The van der Waals surface area contributed by atoms with E-state index >= 15 is 0 Å². The number of fused-ring (bicyclic) bond motifs is 1. The van der Waals surface area contributed by atoms with Gasteiger partial charge in [-0.1, -0.05) is 78.4 Å². The molecule has 2 heterocycles. The van der Waals surface area contributed by atoms with Crippen LogP contribution in [0.2, 0.25) is 0 Å². The molecule has 4 aromatic rings. The molecule has 0 spiro atoms. The zero-order valence-corrected chi connectivity index (χ0v) is 16.7. The molecule has 5 nitrogen and oxygen atoms in total. The van der Waals surface area contributed by atoms with Crippen molar-refractivity contribution in [1.29, 1.82) is 0 Å². The highest BCUT2D eigenvalue weighted by molar-refractivity contribution is 6.05. The molecule has 1 amide bonds. The van der Waals surface area contributed by atoms with E-state index in [1.807, 2.05) is 53.2 Å². The first kappa shape index (κ1) is 18.3. The van der Waals surface area contributed by atoms with Crippen molar-refractivity contribution < 1.29 is 4.79 Å². The number of rotatable bonds is 3. The van der Waals surface area contributed by atoms with Crippen LogP contribution in [0, 0.1) is 6.92 Å². The minimum Gasteiger partial charge on any atom is -0.269 e. The summed E-state index contributed by atoms with van der Waals surface area (Å²) in [5.74, 6) is 0.511. The highest BCUT2D eigenvalue weighted by atomic mass is 16.2. The van der Waals surface area contributed by atoms with E-state index in [1.54, 1.807) is 4.90 Å². The van der Waals surface area contributed by atoms with Crippen LogP contribution in [0.3, 0.4) is 0 Å². The minimum atomic E-state index is -0.139. The Morgan fingerprint density at radius 2 is 1.47 bits per heavy atom. The van der Waals surface area contributed by atoms with Gasteiger partial charge in [0.25, 0.3) is 5.91 Å². The van der Waals surface area contributed by atoms with Gasteiger partial charge in [0.2, 0.25) is 5.95 Å². The number of anilines is 1. The van der Waals surface area contributed by atoms with Crippen molar-refractivity contribution in [3.8, 4) is 0 Å². The van der Waals surface area contributed by atoms with Gasteiger partial charge in [0.1, 0.15) is 6.33 Å². The summed E-state index contributed by atoms with van der Waals surface area (Å²) in [6, 6.07) is 28.0. The predicted octanol–water partition coefficient (Wildman–Crippen LogP) is 4.97. The number of carbonyl (C=O) groups excluding carboxylic acids is 1. The second-order valence-corrected chi connectivity index (χ2v) is 7.63. The van der Waals surface area contributed by atoms with Crippen LogP contribution in [0.4, 0.5) is 5.95 Å². The van der Waals surface area contributed by atoms with Crippen LogP contribution in [0.5, 0.6) is 0 Å². The maximum Gasteiger partial charge on any atom is 0.261 e. The maximum atomic E-state index is 13.6. The molecule has 1 aliphatic rings. The maximum absolute atomic E-state index is 13.6. The molecule has 1 aliphatic heterocycles. The van der Waals surface area contributed by atoms with Crippen molar-refractivity contribution in [1.82, 2.24) is 14.8 Å². The number of amides is 1. The average Bonchev–Trinajstić information content (AvgIpc) is 3.29. The lowest BCUT2D eigenvalue weighted by atomic mass is 9.91. The topological polar surface area (TPSA) is 51.0 Å². The van der Waals surface area contributed by atoms with Gasteiger partial charge in [0.05, 0.1) is 12.1 Å². The third kappa shape index (κ3) is 3.18. The molecular weight excluding hydrogens is 372 g/mol. The summed E-state index contributed by atoms with van der Waals surface area (Å²) >= 11 is 0. The summed E-state index contributed by atoms with van der Waals surface area (Å²) in [6.45, 7) is 2.07. The minimum absolute atomic E-state index is 0.00910. The second-order valence-electron chi connectivity index (χ2n) is 7.63. The van der Waals surface area contributed by atoms with Crippen molar-refractivity contribution in [2.45, 2.75) is 25.4 Å². The molecule has 5 heteroatoms. The molecule has 0 aliphatic carbocycles. The summed E-state index contributed by atoms with van der Waals surface area (Å²) in [5.41, 5.74) is 4.09. The largest absolute Gasteiger partial charge is 0.269 e. The van der Waals surface area contributed by atoms with Crippen LogP contribution in [-0.4, -0.2) is 20.7 Å². The molecule has 30 heavy (non-hydrogen) atoms. The number of aryl methyl sites for hydroxylation is 1. The van der Waals surface area contributed by atoms with Crippen LogP contribution in [0.25, 0.3) is 0 Å². The van der Waals surface area contributed by atoms with E-state index in [2.05, 4.69) is 53.4 Å². The SMILES string of the molecule is Cc1ccc(C2CC(c3ccccc3)n3ncnc3N2C(=O)c2ccccc2)cc1. The molecule has 0 radical (unpaired) electrons. The number of nitrogens with zero attached hydrogens (tertiary/aromatic N) is 4. The smallest absolute Gasteiger partial charge is 0.261 e. The lowest BCUT2D eigenvalue weighted by molar-refractivity contribution is 0.0963. The van der Waals surface area contributed by atoms with E-state index < -0.39 is 0 Å². The van der Waals surface area contributed by atoms with Gasteiger partial charge in [-0.05, 0) is 36.6 Å². The predicted molar refractivity (Wildman–Crippen MR) is 116 cm³/mol. The first-order chi connectivity index (χ1) is 14.7. The number of aromatic nitrogens is 3. The van der Waals surface area contributed by atoms with E-state index in [4.69, 9.17) is 0 Å². The first-order valence-electron chi connectivity index (χ1n) is 10.1. The van der Waals surface area contributed by atoms with Crippen LogP contribution in [0.1, 0.15) is 45.6 Å². The Balaban J connectivity index is 1.65. The Hall–Kier alpha value is -3.73. The highest BCUT2D eigenvalue weighted by Crippen LogP contribution is 2.42. The number of carbonyl (C=O) groups is 1. The molecule has 1 aromatic heterocycles. The monoisotopic (exact) mass is 394 g/mol. The molecule has 2 atom stereocenters. The standard InChI is InChI=1S/C25H22N4O/c1-18-12-14-20(15-13-18)22-16-23(19-8-4-2-5-9-19)29-25(26-17-27-29)28(22)24(30)21-10-6-3-7-11-21/h2-15,17,22-23H,16H2,1H3. The number of hydrogen-bond donors (Lipinski definition) is 0. The Morgan fingerprint density at radius 1 is 0.833 bits per heavy atom. The Labute approximate surface area is 175 Å². The molecule has 148 valence electrons. The van der Waals surface area contributed by atoms with E-state index in [0.717, 1.165) is 17.5 Å². The lowest BCUT2D eigenvalue weighted by Gasteiger charge is -2.39. The third-order valence-electron chi connectivity index (χ3n) is 5.71. The summed E-state index contributed by atoms with van der Waals surface area (Å²) < 4.78 is 1.88. The highest BCUT2D eigenvalue weighted by Gasteiger charge is 2.39. The fourth-order valence-corrected chi connectivity index (χ4v) is 4.17. The molecule has 0 fully saturated rings. The Kier molecular flexibility index (Phi) is 4.64. The molecular formula is C25H22N4O. The summed E-state index contributed by atoms with van der Waals surface area (Å²) in [4.78, 5) is 19.9. The van der Waals surface area contributed by atoms with Gasteiger partial charge in [-0.2, -0.15) is 10.1 Å². The van der Waals surface area contributed by atoms with E-state index in [0.29, 0.717) is 11.5 Å². The molecule has 0 saturated carbocycles. The van der Waals surface area contributed by atoms with E-state index in [1.165, 1.54) is 11.9 Å².